The summed E-state index contributed by atoms with van der Waals surface area (Å²) in [6.45, 7) is 8.16. The molecule has 0 spiro atoms. The highest BCUT2D eigenvalue weighted by Crippen LogP contribution is 2.27. The van der Waals surface area contributed by atoms with Gasteiger partial charge in [-0.15, -0.1) is 0 Å². The van der Waals surface area contributed by atoms with Crippen LogP contribution in [0.3, 0.4) is 0 Å². The van der Waals surface area contributed by atoms with Crippen molar-refractivity contribution in [3.05, 3.63) is 66.2 Å². The molecule has 0 N–H and O–H groups in total. The molecule has 0 bridgehead atoms. The van der Waals surface area contributed by atoms with Gasteiger partial charge < -0.3 is 14.2 Å². The maximum Gasteiger partial charge on any atom is 0.155 e. The van der Waals surface area contributed by atoms with Crippen molar-refractivity contribution in [1.29, 1.82) is 0 Å². The van der Waals surface area contributed by atoms with E-state index in [1.807, 2.05) is 57.3 Å². The molecule has 158 valence electrons. The summed E-state index contributed by atoms with van der Waals surface area (Å²) in [6.07, 6.45) is 4.35. The van der Waals surface area contributed by atoms with E-state index in [1.54, 1.807) is 0 Å². The normalized spacial score (nSPS) is 15.2. The van der Waals surface area contributed by atoms with Crippen molar-refractivity contribution in [2.24, 2.45) is 5.16 Å². The largest absolute Gasteiger partial charge is 0.454 e. The van der Waals surface area contributed by atoms with Crippen LogP contribution in [0.1, 0.15) is 33.6 Å². The lowest BCUT2D eigenvalue weighted by Crippen LogP contribution is -2.19. The quantitative estimate of drug-likeness (QED) is 0.394. The number of aromatic nitrogens is 1. The predicted octanol–water partition coefficient (Wildman–Crippen LogP) is 5.88. The minimum Gasteiger partial charge on any atom is -0.454 e. The summed E-state index contributed by atoms with van der Waals surface area (Å²) in [5.41, 5.74) is 2.36. The van der Waals surface area contributed by atoms with Gasteiger partial charge in [0.25, 0.3) is 0 Å². The number of nitrogens with zero attached hydrogens (tertiary/aromatic N) is 3. The average Bonchev–Trinajstić information content (AvgIpc) is 3.31. The fourth-order valence-corrected chi connectivity index (χ4v) is 3.94. The first-order chi connectivity index (χ1) is 15.0. The Labute approximate surface area is 182 Å². The lowest BCUT2D eigenvalue weighted by atomic mass is 10.1. The first-order valence-electron chi connectivity index (χ1n) is 10.9. The molecule has 0 atom stereocenters. The van der Waals surface area contributed by atoms with Crippen molar-refractivity contribution >= 4 is 27.4 Å². The lowest BCUT2D eigenvalue weighted by Gasteiger charge is -2.18. The van der Waals surface area contributed by atoms with E-state index in [2.05, 4.69) is 39.3 Å². The molecule has 1 aliphatic rings. The van der Waals surface area contributed by atoms with Crippen LogP contribution < -0.4 is 10.3 Å². The maximum atomic E-state index is 6.29. The Kier molecular flexibility index (Phi) is 4.89. The lowest BCUT2D eigenvalue weighted by molar-refractivity contribution is -0.00585. The summed E-state index contributed by atoms with van der Waals surface area (Å²) in [4.78, 5) is 12.8. The minimum atomic E-state index is -0.382. The van der Waals surface area contributed by atoms with Crippen LogP contribution in [0, 0.1) is 0 Å². The Bertz CT molecular complexity index is 1310. The van der Waals surface area contributed by atoms with E-state index < -0.39 is 0 Å². The standard InChI is InChI=1S/C26H27N3O2/c1-26(2,3)31-28-22-16-25(23-14-18-8-4-5-9-19(18)17-27-23)30-24-11-10-20(15-21(22)24)29-12-6-7-13-29/h4-5,8-11,14-17H,6-7,12-13H2,1-3H3. The Balaban J connectivity index is 1.67. The van der Waals surface area contributed by atoms with Crippen molar-refractivity contribution in [3.63, 3.8) is 0 Å². The topological polar surface area (TPSA) is 50.9 Å². The Hall–Kier alpha value is -3.34. The molecule has 2 aromatic carbocycles. The van der Waals surface area contributed by atoms with Crippen molar-refractivity contribution < 1.29 is 9.25 Å². The zero-order valence-corrected chi connectivity index (χ0v) is 18.3. The highest BCUT2D eigenvalue weighted by Gasteiger charge is 2.16. The summed E-state index contributed by atoms with van der Waals surface area (Å²) in [5, 5.41) is 8.43. The van der Waals surface area contributed by atoms with E-state index in [1.165, 1.54) is 18.5 Å². The van der Waals surface area contributed by atoms with Crippen molar-refractivity contribution in [2.45, 2.75) is 39.2 Å². The molecule has 0 amide bonds. The van der Waals surface area contributed by atoms with Gasteiger partial charge in [0, 0.05) is 41.8 Å². The van der Waals surface area contributed by atoms with E-state index in [-0.39, 0.29) is 5.60 Å². The number of hydrogen-bond donors (Lipinski definition) is 0. The highest BCUT2D eigenvalue weighted by atomic mass is 16.6. The fraction of sp³-hybridized carbons (Fsp3) is 0.308. The number of pyridine rings is 1. The van der Waals surface area contributed by atoms with Crippen LogP contribution in [0.15, 0.2) is 70.4 Å². The maximum absolute atomic E-state index is 6.29. The van der Waals surface area contributed by atoms with Crippen LogP contribution in [0.25, 0.3) is 33.2 Å². The van der Waals surface area contributed by atoms with E-state index in [0.717, 1.165) is 45.9 Å². The molecule has 0 radical (unpaired) electrons. The van der Waals surface area contributed by atoms with Gasteiger partial charge in [-0.3, -0.25) is 4.98 Å². The van der Waals surface area contributed by atoms with E-state index >= 15 is 0 Å². The zero-order chi connectivity index (χ0) is 21.4. The third-order valence-corrected chi connectivity index (χ3v) is 5.50. The number of benzene rings is 2. The molecule has 0 saturated carbocycles. The predicted molar refractivity (Wildman–Crippen MR) is 125 cm³/mol. The first kappa shape index (κ1) is 19.6. The van der Waals surface area contributed by atoms with Crippen LogP contribution >= 0.6 is 0 Å². The van der Waals surface area contributed by atoms with Crippen LogP contribution in [-0.2, 0) is 4.84 Å². The van der Waals surface area contributed by atoms with Gasteiger partial charge in [-0.1, -0.05) is 29.4 Å². The molecule has 4 aromatic rings. The molecule has 1 saturated heterocycles. The molecular weight excluding hydrogens is 386 g/mol. The second-order valence-electron chi connectivity index (χ2n) is 9.08. The molecular formula is C26H27N3O2. The van der Waals surface area contributed by atoms with Gasteiger partial charge in [0.2, 0.25) is 0 Å². The fourth-order valence-electron chi connectivity index (χ4n) is 3.94. The summed E-state index contributed by atoms with van der Waals surface area (Å²) < 4.78 is 6.29. The molecule has 1 aliphatic heterocycles. The summed E-state index contributed by atoms with van der Waals surface area (Å²) >= 11 is 0. The first-order valence-corrected chi connectivity index (χ1v) is 10.9. The van der Waals surface area contributed by atoms with E-state index in [0.29, 0.717) is 5.76 Å². The molecule has 5 nitrogen and oxygen atoms in total. The third kappa shape index (κ3) is 4.13. The highest BCUT2D eigenvalue weighted by molar-refractivity contribution is 5.86. The smallest absolute Gasteiger partial charge is 0.155 e. The molecule has 31 heavy (non-hydrogen) atoms. The van der Waals surface area contributed by atoms with Gasteiger partial charge in [0.15, 0.2) is 5.76 Å². The van der Waals surface area contributed by atoms with Gasteiger partial charge >= 0.3 is 0 Å². The molecule has 0 aliphatic carbocycles. The average molecular weight is 414 g/mol. The van der Waals surface area contributed by atoms with Crippen LogP contribution in [0.5, 0.6) is 0 Å². The van der Waals surface area contributed by atoms with Gasteiger partial charge in [0.1, 0.15) is 22.2 Å². The second-order valence-corrected chi connectivity index (χ2v) is 9.08. The van der Waals surface area contributed by atoms with Crippen LogP contribution in [0.2, 0.25) is 0 Å². The molecule has 0 unspecified atom stereocenters. The van der Waals surface area contributed by atoms with Gasteiger partial charge in [-0.25, -0.2) is 0 Å². The Morgan fingerprint density at radius 3 is 2.52 bits per heavy atom. The molecule has 2 aromatic heterocycles. The van der Waals surface area contributed by atoms with E-state index in [9.17, 15) is 0 Å². The van der Waals surface area contributed by atoms with E-state index in [4.69, 9.17) is 9.25 Å². The monoisotopic (exact) mass is 413 g/mol. The number of anilines is 1. The number of hydrogen-bond acceptors (Lipinski definition) is 5. The number of rotatable bonds is 3. The summed E-state index contributed by atoms with van der Waals surface area (Å²) in [5.74, 6) is 0.670. The molecule has 1 fully saturated rings. The van der Waals surface area contributed by atoms with Crippen molar-refractivity contribution in [3.8, 4) is 11.5 Å². The Morgan fingerprint density at radius 2 is 1.74 bits per heavy atom. The molecule has 5 heteroatoms. The third-order valence-electron chi connectivity index (χ3n) is 5.50. The zero-order valence-electron chi connectivity index (χ0n) is 18.3. The van der Waals surface area contributed by atoms with Gasteiger partial charge in [-0.2, -0.15) is 0 Å². The second kappa shape index (κ2) is 7.73. The van der Waals surface area contributed by atoms with Gasteiger partial charge in [0.05, 0.1) is 0 Å². The van der Waals surface area contributed by atoms with Gasteiger partial charge in [-0.05, 0) is 63.3 Å². The SMILES string of the molecule is CC(C)(C)ON=c1cc(-c2cc3ccccc3cn2)oc2ccc(N3CCCC3)cc12. The molecule has 3 heterocycles. The van der Waals surface area contributed by atoms with Crippen LogP contribution in [0.4, 0.5) is 5.69 Å². The minimum absolute atomic E-state index is 0.382. The van der Waals surface area contributed by atoms with Crippen molar-refractivity contribution in [2.75, 3.05) is 18.0 Å². The Morgan fingerprint density at radius 1 is 0.968 bits per heavy atom. The van der Waals surface area contributed by atoms with Crippen molar-refractivity contribution in [1.82, 2.24) is 4.98 Å². The summed E-state index contributed by atoms with van der Waals surface area (Å²) in [6, 6.07) is 18.5. The van der Waals surface area contributed by atoms with Crippen LogP contribution in [-0.4, -0.2) is 23.7 Å². The number of fused-ring (bicyclic) bond motifs is 2. The summed E-state index contributed by atoms with van der Waals surface area (Å²) in [7, 11) is 0. The molecule has 5 rings (SSSR count).